The van der Waals surface area contributed by atoms with Gasteiger partial charge in [0.25, 0.3) is 0 Å². The standard InChI is InChI=1S/C26H26O13/c1-11(27)35-10-20-23(32)24(33)25(36-12(2)28)26(39-20)38-17-6-4-5-14(29)22(17)19-9-16(31)21-15(30)7-13(34-3)8-18(21)37-19/h4-9,20,23-26,29-30,32-33H,10H2,1-3H3/t20-,23-,24+,25-,26-/m1/s1. The second-order valence-corrected chi connectivity index (χ2v) is 8.66. The zero-order valence-electron chi connectivity index (χ0n) is 21.0. The van der Waals surface area contributed by atoms with Crippen LogP contribution in [0.3, 0.4) is 0 Å². The van der Waals surface area contributed by atoms with Crippen molar-refractivity contribution in [2.75, 3.05) is 13.7 Å². The minimum absolute atomic E-state index is 0.0461. The maximum absolute atomic E-state index is 12.9. The number of esters is 2. The van der Waals surface area contributed by atoms with Crippen LogP contribution >= 0.6 is 0 Å². The predicted octanol–water partition coefficient (Wildman–Crippen LogP) is 1.20. The first-order valence-electron chi connectivity index (χ1n) is 11.7. The molecule has 208 valence electrons. The van der Waals surface area contributed by atoms with Gasteiger partial charge in [0.05, 0.1) is 7.11 Å². The summed E-state index contributed by atoms with van der Waals surface area (Å²) < 4.78 is 32.6. The quantitative estimate of drug-likeness (QED) is 0.309. The van der Waals surface area contributed by atoms with Crippen molar-refractivity contribution in [2.24, 2.45) is 0 Å². The first-order valence-corrected chi connectivity index (χ1v) is 11.7. The van der Waals surface area contributed by atoms with Crippen molar-refractivity contribution in [2.45, 2.75) is 44.6 Å². The molecule has 39 heavy (non-hydrogen) atoms. The fourth-order valence-corrected chi connectivity index (χ4v) is 4.13. The number of aliphatic hydroxyl groups excluding tert-OH is 2. The van der Waals surface area contributed by atoms with Gasteiger partial charge in [-0.3, -0.25) is 14.4 Å². The number of fused-ring (bicyclic) bond motifs is 1. The van der Waals surface area contributed by atoms with Crippen LogP contribution in [0.2, 0.25) is 0 Å². The topological polar surface area (TPSA) is 191 Å². The number of hydrogen-bond donors (Lipinski definition) is 4. The molecule has 1 aliphatic rings. The molecule has 2 aromatic carbocycles. The molecular weight excluding hydrogens is 520 g/mol. The molecule has 1 aliphatic heterocycles. The van der Waals surface area contributed by atoms with Crippen LogP contribution < -0.4 is 14.9 Å². The summed E-state index contributed by atoms with van der Waals surface area (Å²) in [5, 5.41) is 42.0. The Morgan fingerprint density at radius 1 is 1.00 bits per heavy atom. The van der Waals surface area contributed by atoms with Crippen LogP contribution in [0.25, 0.3) is 22.3 Å². The second-order valence-electron chi connectivity index (χ2n) is 8.66. The summed E-state index contributed by atoms with van der Waals surface area (Å²) in [6, 6.07) is 7.74. The van der Waals surface area contributed by atoms with Crippen molar-refractivity contribution in [3.63, 3.8) is 0 Å². The number of hydrogen-bond acceptors (Lipinski definition) is 13. The van der Waals surface area contributed by atoms with E-state index in [-0.39, 0.29) is 45.3 Å². The van der Waals surface area contributed by atoms with Crippen LogP contribution in [0.15, 0.2) is 45.6 Å². The lowest BCUT2D eigenvalue weighted by Crippen LogP contribution is -2.61. The van der Waals surface area contributed by atoms with Crippen molar-refractivity contribution in [1.29, 1.82) is 0 Å². The van der Waals surface area contributed by atoms with Crippen LogP contribution in [0.4, 0.5) is 0 Å². The number of aliphatic hydroxyl groups is 2. The van der Waals surface area contributed by atoms with Crippen LogP contribution in [-0.4, -0.2) is 76.8 Å². The molecular formula is C26H26O13. The fourth-order valence-electron chi connectivity index (χ4n) is 4.13. The Balaban J connectivity index is 1.77. The third kappa shape index (κ3) is 5.74. The maximum Gasteiger partial charge on any atom is 0.303 e. The van der Waals surface area contributed by atoms with Crippen LogP contribution in [0, 0.1) is 0 Å². The van der Waals surface area contributed by atoms with Crippen molar-refractivity contribution in [1.82, 2.24) is 0 Å². The molecule has 0 unspecified atom stereocenters. The number of phenolic OH excluding ortho intramolecular Hbond substituents is 2. The normalized spacial score (nSPS) is 22.7. The SMILES string of the molecule is COc1cc(O)c2c(=O)cc(-c3c(O)cccc3O[C@@H]3O[C@H](COC(C)=O)[C@@H](O)[C@H](O)[C@H]3OC(C)=O)oc2c1. The summed E-state index contributed by atoms with van der Waals surface area (Å²) in [6.07, 6.45) is -7.69. The highest BCUT2D eigenvalue weighted by atomic mass is 16.7. The van der Waals surface area contributed by atoms with Gasteiger partial charge in [-0.05, 0) is 12.1 Å². The van der Waals surface area contributed by atoms with Gasteiger partial charge in [-0.2, -0.15) is 0 Å². The van der Waals surface area contributed by atoms with Gasteiger partial charge in [0.1, 0.15) is 70.2 Å². The van der Waals surface area contributed by atoms with Gasteiger partial charge in [0, 0.05) is 32.0 Å². The summed E-state index contributed by atoms with van der Waals surface area (Å²) in [4.78, 5) is 35.9. The van der Waals surface area contributed by atoms with Crippen LogP contribution in [0.5, 0.6) is 23.0 Å². The minimum Gasteiger partial charge on any atom is -0.507 e. The second kappa shape index (κ2) is 11.2. The lowest BCUT2D eigenvalue weighted by Gasteiger charge is -2.41. The average Bonchev–Trinajstić information content (AvgIpc) is 2.86. The first kappa shape index (κ1) is 27.7. The Bertz CT molecular complexity index is 1440. The zero-order chi connectivity index (χ0) is 28.4. The molecule has 0 bridgehead atoms. The van der Waals surface area contributed by atoms with E-state index in [4.69, 9.17) is 28.1 Å². The van der Waals surface area contributed by atoms with E-state index in [0.29, 0.717) is 0 Å². The Morgan fingerprint density at radius 2 is 1.74 bits per heavy atom. The van der Waals surface area contributed by atoms with Crippen molar-refractivity contribution < 1.29 is 58.1 Å². The van der Waals surface area contributed by atoms with Gasteiger partial charge in [-0.25, -0.2) is 0 Å². The summed E-state index contributed by atoms with van der Waals surface area (Å²) in [5.74, 6) is -2.30. The minimum atomic E-state index is -1.71. The van der Waals surface area contributed by atoms with Gasteiger partial charge in [-0.1, -0.05) is 6.07 Å². The number of carbonyl (C=O) groups is 2. The molecule has 4 rings (SSSR count). The molecule has 1 aromatic heterocycles. The monoisotopic (exact) mass is 546 g/mol. The van der Waals surface area contributed by atoms with E-state index in [1.807, 2.05) is 0 Å². The third-order valence-corrected chi connectivity index (χ3v) is 5.91. The van der Waals surface area contributed by atoms with Crippen molar-refractivity contribution in [3.8, 4) is 34.3 Å². The van der Waals surface area contributed by atoms with E-state index in [0.717, 1.165) is 19.9 Å². The fraction of sp³-hybridized carbons (Fsp3) is 0.346. The van der Waals surface area contributed by atoms with E-state index in [9.17, 15) is 34.8 Å². The Morgan fingerprint density at radius 3 is 2.41 bits per heavy atom. The smallest absolute Gasteiger partial charge is 0.303 e. The molecule has 5 atom stereocenters. The van der Waals surface area contributed by atoms with Gasteiger partial charge in [-0.15, -0.1) is 0 Å². The molecule has 1 fully saturated rings. The lowest BCUT2D eigenvalue weighted by molar-refractivity contribution is -0.282. The number of phenols is 2. The number of aromatic hydroxyl groups is 2. The molecule has 13 heteroatoms. The molecule has 0 amide bonds. The van der Waals surface area contributed by atoms with Gasteiger partial charge in [0.2, 0.25) is 6.29 Å². The number of carbonyl (C=O) groups excluding carboxylic acids is 2. The molecule has 2 heterocycles. The van der Waals surface area contributed by atoms with E-state index in [2.05, 4.69) is 0 Å². The number of ether oxygens (including phenoxy) is 5. The van der Waals surface area contributed by atoms with Crippen LogP contribution in [-0.2, 0) is 23.8 Å². The third-order valence-electron chi connectivity index (χ3n) is 5.91. The Hall–Kier alpha value is -4.33. The molecule has 13 nitrogen and oxygen atoms in total. The summed E-state index contributed by atoms with van der Waals surface area (Å²) in [6.45, 7) is 1.78. The molecule has 0 spiro atoms. The van der Waals surface area contributed by atoms with E-state index >= 15 is 0 Å². The lowest BCUT2D eigenvalue weighted by atomic mass is 9.99. The van der Waals surface area contributed by atoms with Crippen molar-refractivity contribution in [3.05, 3.63) is 46.6 Å². The van der Waals surface area contributed by atoms with Crippen LogP contribution in [0.1, 0.15) is 13.8 Å². The van der Waals surface area contributed by atoms with Gasteiger partial charge < -0.3 is 48.5 Å². The Kier molecular flexibility index (Phi) is 7.95. The highest BCUT2D eigenvalue weighted by molar-refractivity contribution is 5.87. The number of benzene rings is 2. The Labute approximate surface area is 220 Å². The number of methoxy groups -OCH3 is 1. The summed E-state index contributed by atoms with van der Waals surface area (Å²) in [5.41, 5.74) is -0.788. The van der Waals surface area contributed by atoms with Crippen molar-refractivity contribution >= 4 is 22.9 Å². The molecule has 3 aromatic rings. The zero-order valence-corrected chi connectivity index (χ0v) is 21.0. The molecule has 0 aliphatic carbocycles. The molecule has 4 N–H and O–H groups in total. The van der Waals surface area contributed by atoms with Gasteiger partial charge >= 0.3 is 11.9 Å². The maximum atomic E-state index is 12.9. The highest BCUT2D eigenvalue weighted by Gasteiger charge is 2.48. The molecule has 1 saturated heterocycles. The summed E-state index contributed by atoms with van der Waals surface area (Å²) in [7, 11) is 1.36. The first-order chi connectivity index (χ1) is 18.5. The molecule has 0 saturated carbocycles. The predicted molar refractivity (Wildman–Crippen MR) is 131 cm³/mol. The molecule has 0 radical (unpaired) electrons. The highest BCUT2D eigenvalue weighted by Crippen LogP contribution is 2.41. The number of rotatable bonds is 7. The van der Waals surface area contributed by atoms with E-state index < -0.39 is 54.7 Å². The van der Waals surface area contributed by atoms with E-state index in [1.165, 1.54) is 37.4 Å². The average molecular weight is 546 g/mol. The van der Waals surface area contributed by atoms with Gasteiger partial charge in [0.15, 0.2) is 11.5 Å². The van der Waals surface area contributed by atoms with E-state index in [1.54, 1.807) is 0 Å². The summed E-state index contributed by atoms with van der Waals surface area (Å²) >= 11 is 0. The largest absolute Gasteiger partial charge is 0.507 e.